The average Bonchev–Trinajstić information content (AvgIpc) is 1.63. The van der Waals surface area contributed by atoms with Gasteiger partial charge in [-0.05, 0) is 0 Å². The first kappa shape index (κ1) is 8.27. The van der Waals surface area contributed by atoms with Crippen molar-refractivity contribution < 1.29 is 13.6 Å². The van der Waals surface area contributed by atoms with Crippen molar-refractivity contribution in [1.29, 1.82) is 0 Å². The lowest BCUT2D eigenvalue weighted by molar-refractivity contribution is -0.117. The third kappa shape index (κ3) is 3.82. The molecule has 0 rings (SSSR count). The Morgan fingerprint density at radius 2 is 1.89 bits per heavy atom. The van der Waals surface area contributed by atoms with E-state index in [1.807, 2.05) is 0 Å². The van der Waals surface area contributed by atoms with Crippen LogP contribution in [0.3, 0.4) is 0 Å². The monoisotopic (exact) mass is 134 g/mol. The Morgan fingerprint density at radius 3 is 2.00 bits per heavy atom. The van der Waals surface area contributed by atoms with Gasteiger partial charge in [-0.1, -0.05) is 13.8 Å². The summed E-state index contributed by atoms with van der Waals surface area (Å²) in [7, 11) is 0. The van der Waals surface area contributed by atoms with E-state index in [2.05, 4.69) is 0 Å². The van der Waals surface area contributed by atoms with Gasteiger partial charge in [0.25, 0.3) is 6.08 Å². The van der Waals surface area contributed by atoms with Gasteiger partial charge in [0.05, 0.1) is 0 Å². The standard InChI is InChI=1S/C6H8F2O/c1-4(2)5(9)3-6(7)8/h3-4H,1-2H3. The number of hydrogen-bond acceptors (Lipinski definition) is 1. The third-order valence-electron chi connectivity index (χ3n) is 0.820. The van der Waals surface area contributed by atoms with Crippen LogP contribution in [0.5, 0.6) is 0 Å². The van der Waals surface area contributed by atoms with Crippen molar-refractivity contribution in [1.82, 2.24) is 0 Å². The van der Waals surface area contributed by atoms with Gasteiger partial charge < -0.3 is 0 Å². The van der Waals surface area contributed by atoms with E-state index in [9.17, 15) is 13.6 Å². The Hall–Kier alpha value is -0.730. The minimum atomic E-state index is -1.92. The summed E-state index contributed by atoms with van der Waals surface area (Å²) in [6, 6.07) is 0. The van der Waals surface area contributed by atoms with Crippen LogP contribution in [-0.2, 0) is 4.79 Å². The van der Waals surface area contributed by atoms with Gasteiger partial charge in [-0.2, -0.15) is 8.78 Å². The van der Waals surface area contributed by atoms with Crippen LogP contribution in [0.25, 0.3) is 0 Å². The zero-order valence-electron chi connectivity index (χ0n) is 5.32. The highest BCUT2D eigenvalue weighted by molar-refractivity contribution is 5.91. The zero-order valence-corrected chi connectivity index (χ0v) is 5.32. The molecule has 0 N–H and O–H groups in total. The van der Waals surface area contributed by atoms with Crippen molar-refractivity contribution in [3.63, 3.8) is 0 Å². The normalized spacial score (nSPS) is 9.44. The Balaban J connectivity index is 3.93. The molecule has 0 aromatic carbocycles. The highest BCUT2D eigenvalue weighted by Gasteiger charge is 2.04. The van der Waals surface area contributed by atoms with E-state index in [0.717, 1.165) is 0 Å². The minimum Gasteiger partial charge on any atom is -0.294 e. The lowest BCUT2D eigenvalue weighted by Gasteiger charge is -1.93. The molecule has 0 fully saturated rings. The molecule has 0 aromatic heterocycles. The molecule has 0 heterocycles. The van der Waals surface area contributed by atoms with E-state index < -0.39 is 11.9 Å². The number of hydrogen-bond donors (Lipinski definition) is 0. The summed E-state index contributed by atoms with van der Waals surface area (Å²) in [4.78, 5) is 10.4. The van der Waals surface area contributed by atoms with Crippen LogP contribution >= 0.6 is 0 Å². The molecule has 52 valence electrons. The number of ketones is 1. The maximum atomic E-state index is 11.3. The fraction of sp³-hybridized carbons (Fsp3) is 0.500. The average molecular weight is 134 g/mol. The first-order chi connectivity index (χ1) is 4.04. The van der Waals surface area contributed by atoms with Gasteiger partial charge >= 0.3 is 0 Å². The highest BCUT2D eigenvalue weighted by Crippen LogP contribution is 2.01. The highest BCUT2D eigenvalue weighted by atomic mass is 19.3. The van der Waals surface area contributed by atoms with E-state index in [-0.39, 0.29) is 5.92 Å². The van der Waals surface area contributed by atoms with Crippen molar-refractivity contribution in [2.24, 2.45) is 5.92 Å². The molecule has 0 aliphatic heterocycles. The van der Waals surface area contributed by atoms with Crippen LogP contribution < -0.4 is 0 Å². The van der Waals surface area contributed by atoms with Crippen molar-refractivity contribution >= 4 is 5.78 Å². The molecule has 0 saturated heterocycles. The largest absolute Gasteiger partial charge is 0.294 e. The molecule has 0 aliphatic rings. The number of halogens is 2. The van der Waals surface area contributed by atoms with E-state index in [4.69, 9.17) is 0 Å². The van der Waals surface area contributed by atoms with E-state index >= 15 is 0 Å². The maximum Gasteiger partial charge on any atom is 0.273 e. The van der Waals surface area contributed by atoms with Crippen LogP contribution in [0.2, 0.25) is 0 Å². The topological polar surface area (TPSA) is 17.1 Å². The lowest BCUT2D eigenvalue weighted by atomic mass is 10.1. The summed E-state index contributed by atoms with van der Waals surface area (Å²) < 4.78 is 22.6. The van der Waals surface area contributed by atoms with Crippen LogP contribution in [0, 0.1) is 5.92 Å². The molecular formula is C6H8F2O. The van der Waals surface area contributed by atoms with Crippen LogP contribution in [0.15, 0.2) is 12.2 Å². The molecule has 0 amide bonds. The molecule has 1 nitrogen and oxygen atoms in total. The fourth-order valence-corrected chi connectivity index (χ4v) is 0.274. The Morgan fingerprint density at radius 1 is 1.44 bits per heavy atom. The van der Waals surface area contributed by atoms with Gasteiger partial charge in [0.1, 0.15) is 0 Å². The maximum absolute atomic E-state index is 11.3. The summed E-state index contributed by atoms with van der Waals surface area (Å²) >= 11 is 0. The first-order valence-electron chi connectivity index (χ1n) is 2.60. The van der Waals surface area contributed by atoms with Crippen LogP contribution in [0.1, 0.15) is 13.8 Å². The smallest absolute Gasteiger partial charge is 0.273 e. The number of carbonyl (C=O) groups excluding carboxylic acids is 1. The molecule has 3 heteroatoms. The van der Waals surface area contributed by atoms with Gasteiger partial charge in [0.2, 0.25) is 0 Å². The second kappa shape index (κ2) is 3.33. The van der Waals surface area contributed by atoms with E-state index in [0.29, 0.717) is 6.08 Å². The summed E-state index contributed by atoms with van der Waals surface area (Å²) in [5.41, 5.74) is 0. The Labute approximate surface area is 52.4 Å². The molecule has 0 aromatic rings. The number of allylic oxidation sites excluding steroid dienone is 1. The molecular weight excluding hydrogens is 126 g/mol. The molecule has 0 spiro atoms. The summed E-state index contributed by atoms with van der Waals surface area (Å²) in [6.45, 7) is 3.14. The van der Waals surface area contributed by atoms with Gasteiger partial charge in [-0.15, -0.1) is 0 Å². The molecule has 0 atom stereocenters. The number of carbonyl (C=O) groups is 1. The Kier molecular flexibility index (Phi) is 3.06. The Bertz CT molecular complexity index is 134. The van der Waals surface area contributed by atoms with E-state index in [1.165, 1.54) is 0 Å². The van der Waals surface area contributed by atoms with Crippen molar-refractivity contribution in [2.75, 3.05) is 0 Å². The van der Waals surface area contributed by atoms with Crippen molar-refractivity contribution in [3.05, 3.63) is 12.2 Å². The molecule has 0 radical (unpaired) electrons. The van der Waals surface area contributed by atoms with Crippen molar-refractivity contribution in [3.8, 4) is 0 Å². The minimum absolute atomic E-state index is 0.341. The predicted octanol–water partition coefficient (Wildman–Crippen LogP) is 1.99. The quantitative estimate of drug-likeness (QED) is 0.528. The van der Waals surface area contributed by atoms with Gasteiger partial charge in [-0.25, -0.2) is 0 Å². The van der Waals surface area contributed by atoms with Crippen molar-refractivity contribution in [2.45, 2.75) is 13.8 Å². The fourth-order valence-electron chi connectivity index (χ4n) is 0.274. The second-order valence-corrected chi connectivity index (χ2v) is 1.99. The van der Waals surface area contributed by atoms with Gasteiger partial charge in [0.15, 0.2) is 5.78 Å². The number of rotatable bonds is 2. The first-order valence-corrected chi connectivity index (χ1v) is 2.60. The third-order valence-corrected chi connectivity index (χ3v) is 0.820. The summed E-state index contributed by atoms with van der Waals surface area (Å²) in [6.07, 6.45) is -1.57. The predicted molar refractivity (Wildman–Crippen MR) is 30.1 cm³/mol. The summed E-state index contributed by atoms with van der Waals surface area (Å²) in [5.74, 6) is -0.874. The van der Waals surface area contributed by atoms with Crippen LogP contribution in [0.4, 0.5) is 8.78 Å². The van der Waals surface area contributed by atoms with Gasteiger partial charge in [-0.3, -0.25) is 4.79 Å². The molecule has 0 saturated carbocycles. The summed E-state index contributed by atoms with van der Waals surface area (Å²) in [5, 5.41) is 0. The van der Waals surface area contributed by atoms with E-state index in [1.54, 1.807) is 13.8 Å². The lowest BCUT2D eigenvalue weighted by Crippen LogP contribution is -2.02. The molecule has 0 bridgehead atoms. The molecule has 0 unspecified atom stereocenters. The van der Waals surface area contributed by atoms with Crippen LogP contribution in [-0.4, -0.2) is 5.78 Å². The molecule has 0 aliphatic carbocycles. The van der Waals surface area contributed by atoms with Gasteiger partial charge in [0, 0.05) is 12.0 Å². The molecule has 9 heavy (non-hydrogen) atoms. The zero-order chi connectivity index (χ0) is 7.44. The SMILES string of the molecule is CC(C)C(=O)C=C(F)F. The second-order valence-electron chi connectivity index (χ2n) is 1.99.